The number of ketones is 1. The standard InChI is InChI=1S/C20H22N2O7S2/c1-5-30(24,25)29-16-10-12-17(13-11-16)31(26,27)19(22-21)18(23)14-6-8-15(9-7-14)28-20(2,3)4/h6-13H,5H2,1-4H3. The fourth-order valence-corrected chi connectivity index (χ4v) is 4.07. The van der Waals surface area contributed by atoms with Gasteiger partial charge < -0.3 is 14.5 Å². The molecule has 11 heteroatoms. The monoisotopic (exact) mass is 466 g/mol. The number of hydrogen-bond donors (Lipinski definition) is 0. The molecule has 9 nitrogen and oxygen atoms in total. The third kappa shape index (κ3) is 6.24. The highest BCUT2D eigenvalue weighted by molar-refractivity contribution is 8.08. The molecule has 0 heterocycles. The number of sulfone groups is 1. The number of nitrogens with zero attached hydrogens (tertiary/aromatic N) is 2. The van der Waals surface area contributed by atoms with Gasteiger partial charge in [0.15, 0.2) is 0 Å². The first-order valence-electron chi connectivity index (χ1n) is 9.12. The van der Waals surface area contributed by atoms with Gasteiger partial charge in [-0.2, -0.15) is 8.42 Å². The largest absolute Gasteiger partial charge is 0.488 e. The molecule has 0 fully saturated rings. The van der Waals surface area contributed by atoms with Crippen molar-refractivity contribution in [1.29, 1.82) is 0 Å². The molecular weight excluding hydrogens is 444 g/mol. The predicted octanol–water partition coefficient (Wildman–Crippen LogP) is 2.88. The summed E-state index contributed by atoms with van der Waals surface area (Å²) < 4.78 is 59.0. The van der Waals surface area contributed by atoms with E-state index in [1.807, 2.05) is 20.8 Å². The molecule has 2 aromatic carbocycles. The average Bonchev–Trinajstić information content (AvgIpc) is 2.67. The first kappa shape index (κ1) is 24.3. The van der Waals surface area contributed by atoms with Crippen molar-refractivity contribution in [2.75, 3.05) is 5.75 Å². The molecule has 0 aliphatic heterocycles. The van der Waals surface area contributed by atoms with Gasteiger partial charge in [-0.05, 0) is 76.2 Å². The molecule has 0 aliphatic rings. The summed E-state index contributed by atoms with van der Waals surface area (Å²) in [6.45, 7) is 6.95. The maximum atomic E-state index is 12.8. The SMILES string of the molecule is CCS(=O)(=O)Oc1ccc(S(=O)(=O)C(=[N+]=[N-])C(=O)c2ccc(OC(C)(C)C)cc2)cc1. The van der Waals surface area contributed by atoms with Crippen molar-refractivity contribution >= 4 is 30.8 Å². The van der Waals surface area contributed by atoms with E-state index in [1.165, 1.54) is 31.2 Å². The van der Waals surface area contributed by atoms with Gasteiger partial charge in [0.1, 0.15) is 17.1 Å². The zero-order chi connectivity index (χ0) is 23.4. The number of carbonyl (C=O) groups excluding carboxylic acids is 1. The summed E-state index contributed by atoms with van der Waals surface area (Å²) in [5, 5.41) is -1.08. The molecule has 166 valence electrons. The number of carbonyl (C=O) groups is 1. The second-order valence-electron chi connectivity index (χ2n) is 7.38. The molecule has 0 spiro atoms. The molecule has 0 amide bonds. The predicted molar refractivity (Wildman–Crippen MR) is 113 cm³/mol. The molecule has 0 atom stereocenters. The van der Waals surface area contributed by atoms with Gasteiger partial charge in [0, 0.05) is 5.56 Å². The average molecular weight is 467 g/mol. The highest BCUT2D eigenvalue weighted by Crippen LogP contribution is 2.22. The Bertz CT molecular complexity index is 1220. The topological polar surface area (TPSA) is 140 Å². The lowest BCUT2D eigenvalue weighted by molar-refractivity contribution is -0.00158. The quantitative estimate of drug-likeness (QED) is 0.153. The van der Waals surface area contributed by atoms with E-state index in [-0.39, 0.29) is 22.0 Å². The van der Waals surface area contributed by atoms with E-state index >= 15 is 0 Å². The van der Waals surface area contributed by atoms with Crippen LogP contribution in [0.4, 0.5) is 0 Å². The lowest BCUT2D eigenvalue weighted by Crippen LogP contribution is -2.26. The van der Waals surface area contributed by atoms with Crippen LogP contribution >= 0.6 is 0 Å². The van der Waals surface area contributed by atoms with Crippen molar-refractivity contribution < 1.29 is 35.3 Å². The van der Waals surface area contributed by atoms with Crippen molar-refractivity contribution in [2.45, 2.75) is 38.2 Å². The smallest absolute Gasteiger partial charge is 0.456 e. The van der Waals surface area contributed by atoms with Crippen LogP contribution in [-0.4, -0.2) is 43.8 Å². The van der Waals surface area contributed by atoms with Crippen LogP contribution in [0, 0.1) is 0 Å². The number of Topliss-reactive ketones (excluding diaryl/α,β-unsaturated/α-hetero) is 1. The Labute approximate surface area is 181 Å². The van der Waals surface area contributed by atoms with E-state index in [2.05, 4.69) is 4.79 Å². The molecule has 2 aromatic rings. The number of ether oxygens (including phenoxy) is 1. The van der Waals surface area contributed by atoms with Crippen LogP contribution in [0.1, 0.15) is 38.1 Å². The van der Waals surface area contributed by atoms with E-state index in [9.17, 15) is 27.2 Å². The van der Waals surface area contributed by atoms with Crippen molar-refractivity contribution in [3.63, 3.8) is 0 Å². The zero-order valence-corrected chi connectivity index (χ0v) is 19.0. The molecule has 0 bridgehead atoms. The molecule has 0 N–H and O–H groups in total. The van der Waals surface area contributed by atoms with Crippen LogP contribution in [0.5, 0.6) is 11.5 Å². The lowest BCUT2D eigenvalue weighted by atomic mass is 10.1. The zero-order valence-electron chi connectivity index (χ0n) is 17.4. The molecule has 2 rings (SSSR count). The van der Waals surface area contributed by atoms with E-state index in [0.29, 0.717) is 5.75 Å². The fraction of sp³-hybridized carbons (Fsp3) is 0.300. The summed E-state index contributed by atoms with van der Waals surface area (Å²) in [5.41, 5.74) is 8.78. The van der Waals surface area contributed by atoms with Crippen molar-refractivity contribution in [3.05, 3.63) is 59.6 Å². The van der Waals surface area contributed by atoms with Crippen molar-refractivity contribution in [3.8, 4) is 11.5 Å². The third-order valence-corrected chi connectivity index (χ3v) is 6.61. The third-order valence-electron chi connectivity index (χ3n) is 3.79. The molecule has 0 unspecified atom stereocenters. The molecule has 0 saturated heterocycles. The minimum atomic E-state index is -4.49. The Kier molecular flexibility index (Phi) is 7.05. The van der Waals surface area contributed by atoms with Crippen molar-refractivity contribution in [1.82, 2.24) is 0 Å². The Hall–Kier alpha value is -3.01. The second-order valence-corrected chi connectivity index (χ2v) is 11.1. The Morgan fingerprint density at radius 2 is 1.45 bits per heavy atom. The molecule has 0 radical (unpaired) electrons. The van der Waals surface area contributed by atoms with Gasteiger partial charge in [-0.3, -0.25) is 4.79 Å². The number of benzene rings is 2. The second kappa shape index (κ2) is 9.01. The van der Waals surface area contributed by atoms with Gasteiger partial charge in [0.25, 0.3) is 15.6 Å². The van der Waals surface area contributed by atoms with Crippen molar-refractivity contribution in [2.24, 2.45) is 0 Å². The van der Waals surface area contributed by atoms with Gasteiger partial charge in [-0.25, -0.2) is 8.42 Å². The van der Waals surface area contributed by atoms with E-state index in [4.69, 9.17) is 8.92 Å². The highest BCUT2D eigenvalue weighted by atomic mass is 32.2. The minimum Gasteiger partial charge on any atom is -0.488 e. The van der Waals surface area contributed by atoms with Gasteiger partial charge in [0.05, 0.1) is 10.6 Å². The van der Waals surface area contributed by atoms with Crippen LogP contribution in [0.25, 0.3) is 5.53 Å². The normalized spacial score (nSPS) is 12.0. The number of hydrogen-bond acceptors (Lipinski definition) is 7. The molecule has 0 aromatic heterocycles. The van der Waals surface area contributed by atoms with Crippen LogP contribution in [0.2, 0.25) is 0 Å². The number of rotatable bonds is 7. The van der Waals surface area contributed by atoms with Gasteiger partial charge in [-0.1, -0.05) is 0 Å². The highest BCUT2D eigenvalue weighted by Gasteiger charge is 2.38. The first-order valence-corrected chi connectivity index (χ1v) is 12.2. The van der Waals surface area contributed by atoms with Gasteiger partial charge in [0.2, 0.25) is 0 Å². The van der Waals surface area contributed by atoms with Gasteiger partial charge >= 0.3 is 15.2 Å². The lowest BCUT2D eigenvalue weighted by Gasteiger charge is -2.21. The van der Waals surface area contributed by atoms with Crippen LogP contribution in [0.3, 0.4) is 0 Å². The molecule has 0 saturated carbocycles. The minimum absolute atomic E-state index is 0.0216. The molecule has 0 aliphatic carbocycles. The summed E-state index contributed by atoms with van der Waals surface area (Å²) >= 11 is 0. The van der Waals surface area contributed by atoms with E-state index < -0.39 is 36.4 Å². The Morgan fingerprint density at radius 3 is 1.90 bits per heavy atom. The van der Waals surface area contributed by atoms with E-state index in [0.717, 1.165) is 24.3 Å². The summed E-state index contributed by atoms with van der Waals surface area (Å²) in [5.74, 6) is -0.891. The van der Waals surface area contributed by atoms with Crippen LogP contribution in [0.15, 0.2) is 53.4 Å². The first-order chi connectivity index (χ1) is 14.3. The summed E-state index contributed by atoms with van der Waals surface area (Å²) in [6, 6.07) is 10.1. The summed E-state index contributed by atoms with van der Waals surface area (Å²) in [6.07, 6.45) is 0. The van der Waals surface area contributed by atoms with Crippen LogP contribution in [-0.2, 0) is 20.0 Å². The summed E-state index contributed by atoms with van der Waals surface area (Å²) in [7, 11) is -8.27. The van der Waals surface area contributed by atoms with Gasteiger partial charge in [-0.15, -0.1) is 4.79 Å². The van der Waals surface area contributed by atoms with Crippen LogP contribution < -0.4 is 8.92 Å². The molecular formula is C20H22N2O7S2. The Morgan fingerprint density at radius 1 is 0.935 bits per heavy atom. The Balaban J connectivity index is 2.30. The maximum absolute atomic E-state index is 12.8. The van der Waals surface area contributed by atoms with E-state index in [1.54, 1.807) is 0 Å². The molecule has 31 heavy (non-hydrogen) atoms. The summed E-state index contributed by atoms with van der Waals surface area (Å²) in [4.78, 5) is 15.0. The maximum Gasteiger partial charge on any atom is 0.456 e. The fourth-order valence-electron chi connectivity index (χ4n) is 2.36.